The van der Waals surface area contributed by atoms with Gasteiger partial charge in [0.15, 0.2) is 0 Å². The molecule has 1 aliphatic heterocycles. The van der Waals surface area contributed by atoms with Gasteiger partial charge >= 0.3 is 0 Å². The molecule has 144 valence electrons. The van der Waals surface area contributed by atoms with E-state index in [1.165, 1.54) is 39.3 Å². The van der Waals surface area contributed by atoms with Crippen LogP contribution in [0.4, 0.5) is 5.00 Å². The summed E-state index contributed by atoms with van der Waals surface area (Å²) in [6, 6.07) is 8.88. The summed E-state index contributed by atoms with van der Waals surface area (Å²) < 4.78 is 6.74. The van der Waals surface area contributed by atoms with Crippen LogP contribution in [0.25, 0.3) is 0 Å². The molecule has 4 nitrogen and oxygen atoms in total. The zero-order valence-electron chi connectivity index (χ0n) is 15.6. The molecular weight excluding hydrogens is 424 g/mol. The number of amides is 1. The number of carbonyl (C=O) groups is 1. The summed E-state index contributed by atoms with van der Waals surface area (Å²) in [5.74, 6) is 0.0137. The summed E-state index contributed by atoms with van der Waals surface area (Å²) in [7, 11) is 0. The van der Waals surface area contributed by atoms with Crippen LogP contribution in [0, 0.1) is 0 Å². The number of benzene rings is 1. The molecule has 0 radical (unpaired) electrons. The van der Waals surface area contributed by atoms with E-state index in [0.717, 1.165) is 48.6 Å². The van der Waals surface area contributed by atoms with E-state index in [0.29, 0.717) is 0 Å². The minimum Gasteiger partial charge on any atom is -0.370 e. The summed E-state index contributed by atoms with van der Waals surface area (Å²) in [5.41, 5.74) is 4.14. The minimum absolute atomic E-state index is 0.0137. The second-order valence-corrected chi connectivity index (χ2v) is 9.41. The summed E-state index contributed by atoms with van der Waals surface area (Å²) in [6.45, 7) is 5.17. The Bertz CT molecular complexity index is 830. The Labute approximate surface area is 173 Å². The molecule has 2 aromatic rings. The van der Waals surface area contributed by atoms with Gasteiger partial charge < -0.3 is 15.0 Å². The third-order valence-electron chi connectivity index (χ3n) is 5.52. The molecule has 2 heterocycles. The average Bonchev–Trinajstić information content (AvgIpc) is 3.00. The maximum atomic E-state index is 11.9. The molecule has 1 atom stereocenters. The Kier molecular flexibility index (Phi) is 5.97. The van der Waals surface area contributed by atoms with Crippen molar-refractivity contribution in [3.05, 3.63) is 50.3 Å². The quantitative estimate of drug-likeness (QED) is 0.751. The first-order valence-corrected chi connectivity index (χ1v) is 11.3. The molecule has 1 aromatic heterocycles. The third-order valence-corrected chi connectivity index (χ3v) is 7.23. The lowest BCUT2D eigenvalue weighted by molar-refractivity contribution is -0.933. The second kappa shape index (κ2) is 8.43. The number of anilines is 1. The Morgan fingerprint density at radius 1 is 1.26 bits per heavy atom. The number of hydrogen-bond donors (Lipinski definition) is 2. The van der Waals surface area contributed by atoms with Gasteiger partial charge in [0.05, 0.1) is 18.8 Å². The molecule has 0 spiro atoms. The molecule has 1 saturated heterocycles. The first-order chi connectivity index (χ1) is 13.1. The molecule has 0 unspecified atom stereocenters. The number of rotatable bonds is 4. The van der Waals surface area contributed by atoms with Gasteiger partial charge in [0, 0.05) is 21.8 Å². The zero-order valence-corrected chi connectivity index (χ0v) is 18.0. The molecule has 4 rings (SSSR count). The van der Waals surface area contributed by atoms with Gasteiger partial charge in [0.25, 0.3) is 0 Å². The topological polar surface area (TPSA) is 42.8 Å². The predicted molar refractivity (Wildman–Crippen MR) is 113 cm³/mol. The first-order valence-electron chi connectivity index (χ1n) is 9.73. The van der Waals surface area contributed by atoms with Gasteiger partial charge in [0.2, 0.25) is 5.91 Å². The number of thiophene rings is 1. The van der Waals surface area contributed by atoms with Gasteiger partial charge in [-0.1, -0.05) is 28.1 Å². The number of fused-ring (bicyclic) bond motifs is 1. The molecule has 1 aromatic carbocycles. The normalized spacial score (nSPS) is 18.7. The fourth-order valence-electron chi connectivity index (χ4n) is 4.36. The van der Waals surface area contributed by atoms with E-state index in [9.17, 15) is 4.79 Å². The molecule has 2 N–H and O–H groups in total. The fraction of sp³-hybridized carbons (Fsp3) is 0.476. The number of quaternary nitrogens is 1. The van der Waals surface area contributed by atoms with Gasteiger partial charge in [-0.25, -0.2) is 0 Å². The van der Waals surface area contributed by atoms with Crippen molar-refractivity contribution in [3.63, 3.8) is 0 Å². The molecule has 1 aliphatic carbocycles. The molecule has 1 fully saturated rings. The summed E-state index contributed by atoms with van der Waals surface area (Å²) >= 11 is 5.44. The van der Waals surface area contributed by atoms with Gasteiger partial charge in [-0.3, -0.25) is 4.79 Å². The Balaban J connectivity index is 1.86. The van der Waals surface area contributed by atoms with Crippen LogP contribution in [0.2, 0.25) is 0 Å². The van der Waals surface area contributed by atoms with Crippen molar-refractivity contribution in [1.29, 1.82) is 0 Å². The van der Waals surface area contributed by atoms with Crippen molar-refractivity contribution in [3.8, 4) is 0 Å². The first kappa shape index (κ1) is 19.1. The Hall–Kier alpha value is -1.21. The maximum absolute atomic E-state index is 11.9. The number of halogens is 1. The highest BCUT2D eigenvalue weighted by Gasteiger charge is 2.35. The number of carbonyl (C=O) groups excluding carboxylic acids is 1. The van der Waals surface area contributed by atoms with Crippen LogP contribution in [-0.2, 0) is 22.4 Å². The highest BCUT2D eigenvalue weighted by Crippen LogP contribution is 2.42. The molecule has 1 amide bonds. The van der Waals surface area contributed by atoms with Crippen LogP contribution < -0.4 is 10.2 Å². The summed E-state index contributed by atoms with van der Waals surface area (Å²) in [5, 5.41) is 4.21. The molecule has 2 aliphatic rings. The fourth-order valence-corrected chi connectivity index (χ4v) is 6.15. The van der Waals surface area contributed by atoms with E-state index in [1.54, 1.807) is 18.3 Å². The lowest BCUT2D eigenvalue weighted by atomic mass is 9.88. The van der Waals surface area contributed by atoms with Crippen molar-refractivity contribution in [2.24, 2.45) is 0 Å². The number of aryl methyl sites for hydroxylation is 1. The SMILES string of the molecule is CC(=O)Nc1sc2c(c1[C@@H](c1cccc(Br)c1)[NH+]1CCOCC1)CCCC2. The predicted octanol–water partition coefficient (Wildman–Crippen LogP) is 3.35. The maximum Gasteiger partial charge on any atom is 0.221 e. The van der Waals surface area contributed by atoms with Gasteiger partial charge in [-0.2, -0.15) is 0 Å². The smallest absolute Gasteiger partial charge is 0.221 e. The number of morpholine rings is 1. The third kappa shape index (κ3) is 4.14. The van der Waals surface area contributed by atoms with E-state index in [-0.39, 0.29) is 11.9 Å². The molecule has 27 heavy (non-hydrogen) atoms. The molecular formula is C21H26BrN2O2S+. The Morgan fingerprint density at radius 3 is 2.78 bits per heavy atom. The van der Waals surface area contributed by atoms with Crippen LogP contribution in [0.3, 0.4) is 0 Å². The standard InChI is InChI=1S/C21H25BrN2O2S/c1-14(25)23-21-19(17-7-2-3-8-18(17)27-21)20(24-9-11-26-12-10-24)15-5-4-6-16(22)13-15/h4-6,13,20H,2-3,7-12H2,1H3,(H,23,25)/p+1/t20-/m1/s1. The van der Waals surface area contributed by atoms with E-state index in [1.807, 2.05) is 0 Å². The monoisotopic (exact) mass is 449 g/mol. The lowest BCUT2D eigenvalue weighted by Gasteiger charge is -2.33. The van der Waals surface area contributed by atoms with Gasteiger partial charge in [-0.05, 0) is 43.4 Å². The van der Waals surface area contributed by atoms with E-state index >= 15 is 0 Å². The zero-order chi connectivity index (χ0) is 18.8. The molecule has 0 bridgehead atoms. The van der Waals surface area contributed by atoms with Crippen molar-refractivity contribution in [1.82, 2.24) is 0 Å². The summed E-state index contributed by atoms with van der Waals surface area (Å²) in [6.07, 6.45) is 4.74. The van der Waals surface area contributed by atoms with Crippen LogP contribution in [0.5, 0.6) is 0 Å². The average molecular weight is 450 g/mol. The number of ether oxygens (including phenoxy) is 1. The van der Waals surface area contributed by atoms with Crippen LogP contribution >= 0.6 is 27.3 Å². The second-order valence-electron chi connectivity index (χ2n) is 7.39. The minimum atomic E-state index is 0.0137. The number of hydrogen-bond acceptors (Lipinski definition) is 3. The van der Waals surface area contributed by atoms with Crippen molar-refractivity contribution in [2.45, 2.75) is 38.6 Å². The van der Waals surface area contributed by atoms with E-state index in [2.05, 4.69) is 45.5 Å². The van der Waals surface area contributed by atoms with Crippen LogP contribution in [-0.4, -0.2) is 32.2 Å². The van der Waals surface area contributed by atoms with Gasteiger partial charge in [0.1, 0.15) is 24.1 Å². The van der Waals surface area contributed by atoms with Crippen LogP contribution in [0.1, 0.15) is 47.4 Å². The Morgan fingerprint density at radius 2 is 2.04 bits per heavy atom. The molecule has 6 heteroatoms. The highest BCUT2D eigenvalue weighted by molar-refractivity contribution is 9.10. The van der Waals surface area contributed by atoms with E-state index in [4.69, 9.17) is 4.74 Å². The van der Waals surface area contributed by atoms with Crippen molar-refractivity contribution >= 4 is 38.2 Å². The molecule has 0 saturated carbocycles. The summed E-state index contributed by atoms with van der Waals surface area (Å²) in [4.78, 5) is 14.9. The number of nitrogens with one attached hydrogen (secondary N) is 2. The van der Waals surface area contributed by atoms with E-state index < -0.39 is 0 Å². The lowest BCUT2D eigenvalue weighted by Crippen LogP contribution is -3.14. The largest absolute Gasteiger partial charge is 0.370 e. The van der Waals surface area contributed by atoms with Gasteiger partial charge in [-0.15, -0.1) is 11.3 Å². The van der Waals surface area contributed by atoms with Crippen LogP contribution in [0.15, 0.2) is 28.7 Å². The van der Waals surface area contributed by atoms with Crippen molar-refractivity contribution < 1.29 is 14.4 Å². The van der Waals surface area contributed by atoms with Crippen molar-refractivity contribution in [2.75, 3.05) is 31.6 Å². The highest BCUT2D eigenvalue weighted by atomic mass is 79.9.